The summed E-state index contributed by atoms with van der Waals surface area (Å²) in [5, 5.41) is 14.9. The number of benzene rings is 1. The molecule has 1 amide bonds. The van der Waals surface area contributed by atoms with E-state index in [9.17, 15) is 4.79 Å². The Kier molecular flexibility index (Phi) is 4.23. The van der Waals surface area contributed by atoms with E-state index in [1.54, 1.807) is 19.2 Å². The molecule has 0 radical (unpaired) electrons. The molecule has 23 heavy (non-hydrogen) atoms. The molecular formula is C17H19N5O. The highest BCUT2D eigenvalue weighted by Gasteiger charge is 2.06. The molecule has 0 unspecified atom stereocenters. The molecule has 118 valence electrons. The third-order valence-electron chi connectivity index (χ3n) is 3.75. The Labute approximate surface area is 134 Å². The van der Waals surface area contributed by atoms with Crippen molar-refractivity contribution in [2.24, 2.45) is 0 Å². The van der Waals surface area contributed by atoms with Gasteiger partial charge in [-0.3, -0.25) is 4.79 Å². The lowest BCUT2D eigenvalue weighted by Crippen LogP contribution is -2.19. The number of hydrogen-bond acceptors (Lipinski definition) is 4. The fourth-order valence-corrected chi connectivity index (χ4v) is 2.51. The summed E-state index contributed by atoms with van der Waals surface area (Å²) < 4.78 is 0. The lowest BCUT2D eigenvalue weighted by molar-refractivity contribution is 0.0957. The lowest BCUT2D eigenvalue weighted by Gasteiger charge is -2.05. The maximum absolute atomic E-state index is 11.4. The van der Waals surface area contributed by atoms with Gasteiger partial charge in [0.1, 0.15) is 5.82 Å². The highest BCUT2D eigenvalue weighted by molar-refractivity contribution is 5.91. The van der Waals surface area contributed by atoms with E-state index in [1.807, 2.05) is 6.20 Å². The van der Waals surface area contributed by atoms with E-state index in [4.69, 9.17) is 0 Å². The molecule has 3 N–H and O–H groups in total. The van der Waals surface area contributed by atoms with Crippen LogP contribution in [0.15, 0.2) is 36.5 Å². The van der Waals surface area contributed by atoms with Crippen LogP contribution in [0.25, 0.3) is 10.9 Å². The van der Waals surface area contributed by atoms with Gasteiger partial charge >= 0.3 is 0 Å². The number of aryl methyl sites for hydroxylation is 1. The van der Waals surface area contributed by atoms with Crippen LogP contribution in [0.2, 0.25) is 0 Å². The van der Waals surface area contributed by atoms with Crippen molar-refractivity contribution in [2.45, 2.75) is 13.3 Å². The van der Waals surface area contributed by atoms with E-state index in [-0.39, 0.29) is 5.91 Å². The predicted molar refractivity (Wildman–Crippen MR) is 90.7 cm³/mol. The van der Waals surface area contributed by atoms with Crippen molar-refractivity contribution < 1.29 is 4.79 Å². The van der Waals surface area contributed by atoms with Crippen LogP contribution in [0.4, 0.5) is 5.82 Å². The van der Waals surface area contributed by atoms with Crippen LogP contribution in [0.1, 0.15) is 21.6 Å². The van der Waals surface area contributed by atoms with Gasteiger partial charge in [-0.15, -0.1) is 10.2 Å². The van der Waals surface area contributed by atoms with Crippen molar-refractivity contribution >= 4 is 22.6 Å². The number of fused-ring (bicyclic) bond motifs is 1. The minimum atomic E-state index is -0.238. The molecule has 0 bridgehead atoms. The summed E-state index contributed by atoms with van der Waals surface area (Å²) in [5.74, 6) is 0.423. The Bertz CT molecular complexity index is 823. The zero-order valence-electron chi connectivity index (χ0n) is 13.2. The smallest absolute Gasteiger partial charge is 0.271 e. The Morgan fingerprint density at radius 2 is 2.09 bits per heavy atom. The first-order chi connectivity index (χ1) is 11.2. The van der Waals surface area contributed by atoms with E-state index >= 15 is 0 Å². The molecular weight excluding hydrogens is 290 g/mol. The maximum Gasteiger partial charge on any atom is 0.271 e. The van der Waals surface area contributed by atoms with Crippen molar-refractivity contribution in [3.8, 4) is 0 Å². The molecule has 1 aromatic carbocycles. The first kappa shape index (κ1) is 15.0. The molecule has 2 heterocycles. The second kappa shape index (κ2) is 6.48. The van der Waals surface area contributed by atoms with Gasteiger partial charge in [-0.05, 0) is 42.7 Å². The summed E-state index contributed by atoms with van der Waals surface area (Å²) in [6.07, 6.45) is 2.92. The first-order valence-electron chi connectivity index (χ1n) is 7.53. The SMILES string of the molecule is CNC(=O)c1ccc(NCCc2c[nH]c3cc(C)ccc23)nn1. The van der Waals surface area contributed by atoms with Crippen LogP contribution < -0.4 is 10.6 Å². The number of amides is 1. The molecule has 2 aromatic heterocycles. The highest BCUT2D eigenvalue weighted by Crippen LogP contribution is 2.19. The number of aromatic amines is 1. The number of nitrogens with zero attached hydrogens (tertiary/aromatic N) is 2. The van der Waals surface area contributed by atoms with Crippen molar-refractivity contribution in [3.63, 3.8) is 0 Å². The molecule has 0 atom stereocenters. The van der Waals surface area contributed by atoms with Crippen molar-refractivity contribution in [1.82, 2.24) is 20.5 Å². The van der Waals surface area contributed by atoms with Gasteiger partial charge in [0.25, 0.3) is 5.91 Å². The predicted octanol–water partition coefficient (Wildman–Crippen LogP) is 2.28. The third-order valence-corrected chi connectivity index (χ3v) is 3.75. The summed E-state index contributed by atoms with van der Waals surface area (Å²) >= 11 is 0. The number of rotatable bonds is 5. The average Bonchev–Trinajstić information content (AvgIpc) is 2.97. The zero-order valence-corrected chi connectivity index (χ0v) is 13.2. The van der Waals surface area contributed by atoms with E-state index in [0.717, 1.165) is 18.5 Å². The summed E-state index contributed by atoms with van der Waals surface area (Å²) in [4.78, 5) is 14.7. The van der Waals surface area contributed by atoms with Gasteiger partial charge in [-0.25, -0.2) is 0 Å². The normalized spacial score (nSPS) is 10.7. The van der Waals surface area contributed by atoms with Gasteiger partial charge in [-0.1, -0.05) is 12.1 Å². The van der Waals surface area contributed by atoms with Crippen LogP contribution in [0.5, 0.6) is 0 Å². The highest BCUT2D eigenvalue weighted by atomic mass is 16.1. The quantitative estimate of drug-likeness (QED) is 0.675. The molecule has 0 saturated carbocycles. The van der Waals surface area contributed by atoms with Crippen molar-refractivity contribution in [3.05, 3.63) is 53.3 Å². The minimum absolute atomic E-state index is 0.238. The molecule has 6 nitrogen and oxygen atoms in total. The van der Waals surface area contributed by atoms with Crippen LogP contribution in [0, 0.1) is 6.92 Å². The molecule has 0 aliphatic carbocycles. The van der Waals surface area contributed by atoms with Gasteiger partial charge in [-0.2, -0.15) is 0 Å². The number of anilines is 1. The van der Waals surface area contributed by atoms with E-state index in [2.05, 4.69) is 50.9 Å². The van der Waals surface area contributed by atoms with Crippen molar-refractivity contribution in [1.29, 1.82) is 0 Å². The molecule has 6 heteroatoms. The molecule has 3 rings (SSSR count). The van der Waals surface area contributed by atoms with Gasteiger partial charge in [0.15, 0.2) is 5.69 Å². The Morgan fingerprint density at radius 3 is 2.83 bits per heavy atom. The number of hydrogen-bond donors (Lipinski definition) is 3. The molecule has 3 aromatic rings. The van der Waals surface area contributed by atoms with E-state index in [0.29, 0.717) is 11.5 Å². The molecule has 0 saturated heterocycles. The monoisotopic (exact) mass is 309 g/mol. The number of H-pyrrole nitrogens is 1. The Hall–Kier alpha value is -2.89. The van der Waals surface area contributed by atoms with E-state index in [1.165, 1.54) is 16.5 Å². The van der Waals surface area contributed by atoms with Gasteiger partial charge in [0.05, 0.1) is 0 Å². The number of nitrogens with one attached hydrogen (secondary N) is 3. The van der Waals surface area contributed by atoms with Crippen LogP contribution in [-0.4, -0.2) is 34.7 Å². The van der Waals surface area contributed by atoms with Crippen LogP contribution in [0.3, 0.4) is 0 Å². The summed E-state index contributed by atoms with van der Waals surface area (Å²) in [6, 6.07) is 9.83. The zero-order chi connectivity index (χ0) is 16.2. The molecule has 0 spiro atoms. The Balaban J connectivity index is 1.61. The summed E-state index contributed by atoms with van der Waals surface area (Å²) in [6.45, 7) is 2.83. The lowest BCUT2D eigenvalue weighted by atomic mass is 10.1. The van der Waals surface area contributed by atoms with Crippen molar-refractivity contribution in [2.75, 3.05) is 18.9 Å². The number of aromatic nitrogens is 3. The van der Waals surface area contributed by atoms with Crippen LogP contribution in [-0.2, 0) is 6.42 Å². The molecule has 0 aliphatic heterocycles. The standard InChI is InChI=1S/C17H19N5O/c1-11-3-4-13-12(10-20-15(13)9-11)7-8-19-16-6-5-14(21-22-16)17(23)18-2/h3-6,9-10,20H,7-8H2,1-2H3,(H,18,23)(H,19,22). The fraction of sp³-hybridized carbons (Fsp3) is 0.235. The maximum atomic E-state index is 11.4. The topological polar surface area (TPSA) is 82.7 Å². The number of carbonyl (C=O) groups is 1. The third kappa shape index (κ3) is 3.31. The minimum Gasteiger partial charge on any atom is -0.368 e. The second-order valence-corrected chi connectivity index (χ2v) is 5.42. The summed E-state index contributed by atoms with van der Waals surface area (Å²) in [7, 11) is 1.57. The molecule has 0 aliphatic rings. The van der Waals surface area contributed by atoms with Crippen LogP contribution >= 0.6 is 0 Å². The summed E-state index contributed by atoms with van der Waals surface area (Å²) in [5.41, 5.74) is 3.98. The average molecular weight is 309 g/mol. The van der Waals surface area contributed by atoms with Gasteiger partial charge in [0, 0.05) is 30.7 Å². The van der Waals surface area contributed by atoms with Gasteiger partial charge in [0.2, 0.25) is 0 Å². The number of carbonyl (C=O) groups excluding carboxylic acids is 1. The van der Waals surface area contributed by atoms with Gasteiger partial charge < -0.3 is 15.6 Å². The largest absolute Gasteiger partial charge is 0.368 e. The molecule has 0 fully saturated rings. The van der Waals surface area contributed by atoms with E-state index < -0.39 is 0 Å². The Morgan fingerprint density at radius 1 is 1.22 bits per heavy atom. The first-order valence-corrected chi connectivity index (χ1v) is 7.53. The fourth-order valence-electron chi connectivity index (χ4n) is 2.51. The second-order valence-electron chi connectivity index (χ2n) is 5.42.